The molecule has 0 amide bonds. The molecule has 0 saturated carbocycles. The molecular weight excluding hydrogens is 236 g/mol. The Balaban J connectivity index is 1.99. The molecule has 2 aromatic rings. The van der Waals surface area contributed by atoms with E-state index in [1.54, 1.807) is 0 Å². The third-order valence-corrected chi connectivity index (χ3v) is 3.72. The van der Waals surface area contributed by atoms with Crippen molar-refractivity contribution in [2.24, 2.45) is 7.05 Å². The SMILES string of the molecule is CCCc1nc(C2CNCc3ccccc32)n(C)n1. The predicted molar refractivity (Wildman–Crippen MR) is 75.0 cm³/mol. The highest BCUT2D eigenvalue weighted by Crippen LogP contribution is 2.28. The van der Waals surface area contributed by atoms with Crippen LogP contribution in [0.5, 0.6) is 0 Å². The maximum absolute atomic E-state index is 4.73. The van der Waals surface area contributed by atoms with E-state index >= 15 is 0 Å². The van der Waals surface area contributed by atoms with Crippen molar-refractivity contribution in [1.82, 2.24) is 20.1 Å². The third kappa shape index (κ3) is 2.28. The summed E-state index contributed by atoms with van der Waals surface area (Å²) in [6.45, 7) is 4.05. The Kier molecular flexibility index (Phi) is 3.34. The molecule has 100 valence electrons. The maximum Gasteiger partial charge on any atom is 0.150 e. The lowest BCUT2D eigenvalue weighted by Crippen LogP contribution is -2.30. The second-order valence-electron chi connectivity index (χ2n) is 5.14. The highest BCUT2D eigenvalue weighted by molar-refractivity contribution is 5.36. The minimum Gasteiger partial charge on any atom is -0.312 e. The van der Waals surface area contributed by atoms with Crippen LogP contribution < -0.4 is 5.32 Å². The van der Waals surface area contributed by atoms with Gasteiger partial charge in [0.15, 0.2) is 5.82 Å². The Morgan fingerprint density at radius 3 is 3.05 bits per heavy atom. The smallest absolute Gasteiger partial charge is 0.150 e. The summed E-state index contributed by atoms with van der Waals surface area (Å²) in [5.74, 6) is 2.35. The van der Waals surface area contributed by atoms with E-state index < -0.39 is 0 Å². The van der Waals surface area contributed by atoms with E-state index in [9.17, 15) is 0 Å². The molecule has 1 N–H and O–H groups in total. The number of hydrogen-bond donors (Lipinski definition) is 1. The predicted octanol–water partition coefficient (Wildman–Crippen LogP) is 2.00. The molecule has 0 spiro atoms. The largest absolute Gasteiger partial charge is 0.312 e. The van der Waals surface area contributed by atoms with Crippen LogP contribution in [0.15, 0.2) is 24.3 Å². The highest BCUT2D eigenvalue weighted by Gasteiger charge is 2.25. The molecule has 0 fully saturated rings. The van der Waals surface area contributed by atoms with E-state index in [0.717, 1.165) is 37.6 Å². The Bertz CT molecular complexity index is 573. The molecule has 1 atom stereocenters. The number of aryl methyl sites for hydroxylation is 2. The van der Waals surface area contributed by atoms with Crippen LogP contribution >= 0.6 is 0 Å². The second-order valence-corrected chi connectivity index (χ2v) is 5.14. The van der Waals surface area contributed by atoms with Gasteiger partial charge >= 0.3 is 0 Å². The number of hydrogen-bond acceptors (Lipinski definition) is 3. The van der Waals surface area contributed by atoms with Gasteiger partial charge in [0, 0.05) is 26.6 Å². The van der Waals surface area contributed by atoms with Gasteiger partial charge in [0.05, 0.1) is 5.92 Å². The zero-order valence-corrected chi connectivity index (χ0v) is 11.6. The first kappa shape index (κ1) is 12.4. The normalized spacial score (nSPS) is 18.3. The lowest BCUT2D eigenvalue weighted by molar-refractivity contribution is 0.548. The zero-order valence-electron chi connectivity index (χ0n) is 11.6. The number of fused-ring (bicyclic) bond motifs is 1. The molecule has 1 aliphatic heterocycles. The number of aromatic nitrogens is 3. The van der Waals surface area contributed by atoms with Gasteiger partial charge in [0.2, 0.25) is 0 Å². The van der Waals surface area contributed by atoms with E-state index in [2.05, 4.69) is 41.6 Å². The topological polar surface area (TPSA) is 42.7 Å². The quantitative estimate of drug-likeness (QED) is 0.913. The van der Waals surface area contributed by atoms with Gasteiger partial charge in [-0.05, 0) is 17.5 Å². The second kappa shape index (κ2) is 5.13. The lowest BCUT2D eigenvalue weighted by Gasteiger charge is -2.25. The van der Waals surface area contributed by atoms with Crippen molar-refractivity contribution in [2.45, 2.75) is 32.2 Å². The highest BCUT2D eigenvalue weighted by atomic mass is 15.3. The van der Waals surface area contributed by atoms with Crippen LogP contribution in [0.1, 0.15) is 42.0 Å². The molecule has 1 aromatic heterocycles. The van der Waals surface area contributed by atoms with Crippen LogP contribution in [0.4, 0.5) is 0 Å². The number of benzene rings is 1. The van der Waals surface area contributed by atoms with Crippen molar-refractivity contribution in [3.8, 4) is 0 Å². The first-order chi connectivity index (χ1) is 9.29. The van der Waals surface area contributed by atoms with Crippen LogP contribution in [-0.4, -0.2) is 21.3 Å². The van der Waals surface area contributed by atoms with E-state index in [-0.39, 0.29) is 0 Å². The fourth-order valence-corrected chi connectivity index (χ4v) is 2.81. The molecule has 3 rings (SSSR count). The molecule has 1 aliphatic rings. The van der Waals surface area contributed by atoms with Crippen molar-refractivity contribution in [3.63, 3.8) is 0 Å². The van der Waals surface area contributed by atoms with Crippen molar-refractivity contribution in [2.75, 3.05) is 6.54 Å². The standard InChI is InChI=1S/C15H20N4/c1-3-6-14-17-15(19(2)18-14)13-10-16-9-11-7-4-5-8-12(11)13/h4-5,7-8,13,16H,3,6,9-10H2,1-2H3. The van der Waals surface area contributed by atoms with Gasteiger partial charge in [-0.2, -0.15) is 5.10 Å². The van der Waals surface area contributed by atoms with Gasteiger partial charge in [-0.3, -0.25) is 4.68 Å². The van der Waals surface area contributed by atoms with E-state index in [0.29, 0.717) is 5.92 Å². The lowest BCUT2D eigenvalue weighted by atomic mass is 9.90. The monoisotopic (exact) mass is 256 g/mol. The molecule has 19 heavy (non-hydrogen) atoms. The molecule has 0 bridgehead atoms. The molecule has 0 saturated heterocycles. The number of nitrogens with one attached hydrogen (secondary N) is 1. The Labute approximate surface area is 113 Å². The molecule has 2 heterocycles. The Hall–Kier alpha value is -1.68. The van der Waals surface area contributed by atoms with Crippen LogP contribution in [0, 0.1) is 0 Å². The Morgan fingerprint density at radius 2 is 2.21 bits per heavy atom. The van der Waals surface area contributed by atoms with Gasteiger partial charge in [-0.25, -0.2) is 4.98 Å². The number of nitrogens with zero attached hydrogens (tertiary/aromatic N) is 3. The molecule has 0 radical (unpaired) electrons. The summed E-state index contributed by atoms with van der Waals surface area (Å²) in [6.07, 6.45) is 2.04. The van der Waals surface area contributed by atoms with Crippen LogP contribution in [0.3, 0.4) is 0 Å². The van der Waals surface area contributed by atoms with Gasteiger partial charge in [0.1, 0.15) is 5.82 Å². The van der Waals surface area contributed by atoms with E-state index in [1.165, 1.54) is 11.1 Å². The van der Waals surface area contributed by atoms with Crippen molar-refractivity contribution >= 4 is 0 Å². The summed E-state index contributed by atoms with van der Waals surface area (Å²) in [5.41, 5.74) is 2.76. The van der Waals surface area contributed by atoms with Crippen LogP contribution in [-0.2, 0) is 20.0 Å². The minimum atomic E-state index is 0.313. The zero-order chi connectivity index (χ0) is 13.2. The summed E-state index contributed by atoms with van der Waals surface area (Å²) in [6, 6.07) is 8.62. The minimum absolute atomic E-state index is 0.313. The summed E-state index contributed by atoms with van der Waals surface area (Å²) in [5, 5.41) is 8.00. The fraction of sp³-hybridized carbons (Fsp3) is 0.467. The van der Waals surface area contributed by atoms with Crippen LogP contribution in [0.2, 0.25) is 0 Å². The number of rotatable bonds is 3. The van der Waals surface area contributed by atoms with Crippen molar-refractivity contribution in [3.05, 3.63) is 47.0 Å². The molecule has 0 aliphatic carbocycles. The summed E-state index contributed by atoms with van der Waals surface area (Å²) >= 11 is 0. The van der Waals surface area contributed by atoms with Gasteiger partial charge < -0.3 is 5.32 Å². The summed E-state index contributed by atoms with van der Waals surface area (Å²) in [7, 11) is 2.00. The van der Waals surface area contributed by atoms with Crippen molar-refractivity contribution < 1.29 is 0 Å². The van der Waals surface area contributed by atoms with Gasteiger partial charge in [0.25, 0.3) is 0 Å². The van der Waals surface area contributed by atoms with E-state index in [1.807, 2.05) is 11.7 Å². The van der Waals surface area contributed by atoms with Gasteiger partial charge in [-0.15, -0.1) is 0 Å². The molecule has 4 heteroatoms. The molecule has 1 aromatic carbocycles. The summed E-state index contributed by atoms with van der Waals surface area (Å²) in [4.78, 5) is 4.73. The fourth-order valence-electron chi connectivity index (χ4n) is 2.81. The summed E-state index contributed by atoms with van der Waals surface area (Å²) < 4.78 is 1.94. The maximum atomic E-state index is 4.73. The molecule has 1 unspecified atom stereocenters. The first-order valence-corrected chi connectivity index (χ1v) is 6.98. The molecule has 4 nitrogen and oxygen atoms in total. The third-order valence-electron chi connectivity index (χ3n) is 3.72. The Morgan fingerprint density at radius 1 is 1.37 bits per heavy atom. The average molecular weight is 256 g/mol. The molecular formula is C15H20N4. The van der Waals surface area contributed by atoms with Crippen LogP contribution in [0.25, 0.3) is 0 Å². The first-order valence-electron chi connectivity index (χ1n) is 6.98. The van der Waals surface area contributed by atoms with E-state index in [4.69, 9.17) is 4.98 Å². The van der Waals surface area contributed by atoms with Gasteiger partial charge in [-0.1, -0.05) is 31.2 Å². The average Bonchev–Trinajstić information content (AvgIpc) is 2.79. The van der Waals surface area contributed by atoms with Crippen molar-refractivity contribution in [1.29, 1.82) is 0 Å².